The molecule has 0 bridgehead atoms. The molecule has 0 radical (unpaired) electrons. The number of rotatable bonds is 8. The van der Waals surface area contributed by atoms with Crippen LogP contribution in [0, 0.1) is 11.8 Å². The predicted octanol–water partition coefficient (Wildman–Crippen LogP) is 1.67. The smallest absolute Gasteiger partial charge is 0.220 e. The Morgan fingerprint density at radius 1 is 1.53 bits per heavy atom. The molecule has 0 aromatic carbocycles. The molecule has 1 rings (SSSR count). The van der Waals surface area contributed by atoms with Crippen LogP contribution in [0.3, 0.4) is 0 Å². The van der Waals surface area contributed by atoms with Gasteiger partial charge in [-0.05, 0) is 37.6 Å². The van der Waals surface area contributed by atoms with Crippen molar-refractivity contribution in [3.63, 3.8) is 0 Å². The first-order chi connectivity index (χ1) is 7.22. The van der Waals surface area contributed by atoms with Crippen LogP contribution in [0.5, 0.6) is 0 Å². The molecule has 1 aliphatic carbocycles. The summed E-state index contributed by atoms with van der Waals surface area (Å²) in [6, 6.07) is 0. The van der Waals surface area contributed by atoms with Gasteiger partial charge in [-0.15, -0.1) is 0 Å². The lowest BCUT2D eigenvalue weighted by atomic mass is 10.1. The Bertz CT molecular complexity index is 190. The summed E-state index contributed by atoms with van der Waals surface area (Å²) in [5.74, 6) is 1.62. The summed E-state index contributed by atoms with van der Waals surface area (Å²) in [5.41, 5.74) is 5.49. The zero-order valence-electron chi connectivity index (χ0n) is 9.80. The summed E-state index contributed by atoms with van der Waals surface area (Å²) in [6.07, 6.45) is 6.78. The molecule has 1 amide bonds. The van der Waals surface area contributed by atoms with Gasteiger partial charge in [0.15, 0.2) is 0 Å². The Balaban J connectivity index is 1.88. The zero-order chi connectivity index (χ0) is 11.1. The molecule has 1 aliphatic rings. The number of nitrogens with two attached hydrogens (primary N) is 1. The third-order valence-electron chi connectivity index (χ3n) is 3.07. The Morgan fingerprint density at radius 2 is 2.27 bits per heavy atom. The van der Waals surface area contributed by atoms with E-state index in [1.54, 1.807) is 0 Å². The summed E-state index contributed by atoms with van der Waals surface area (Å²) >= 11 is 0. The van der Waals surface area contributed by atoms with E-state index in [4.69, 9.17) is 5.73 Å². The number of carbonyl (C=O) groups excluding carboxylic acids is 1. The summed E-state index contributed by atoms with van der Waals surface area (Å²) in [4.78, 5) is 11.4. The maximum atomic E-state index is 11.4. The highest BCUT2D eigenvalue weighted by Gasteiger charge is 2.20. The fourth-order valence-corrected chi connectivity index (χ4v) is 1.61. The first-order valence-corrected chi connectivity index (χ1v) is 6.19. The standard InChI is InChI=1S/C12H24N2O/c1-10(9-13)4-7-12(15)14-8-2-3-11-5-6-11/h10-11H,2-9,13H2,1H3,(H,14,15). The van der Waals surface area contributed by atoms with Gasteiger partial charge in [0.25, 0.3) is 0 Å². The van der Waals surface area contributed by atoms with E-state index in [0.717, 1.165) is 25.3 Å². The van der Waals surface area contributed by atoms with Gasteiger partial charge in [-0.1, -0.05) is 19.8 Å². The van der Waals surface area contributed by atoms with Crippen LogP contribution in [0.1, 0.15) is 45.4 Å². The second-order valence-electron chi connectivity index (χ2n) is 4.82. The fourth-order valence-electron chi connectivity index (χ4n) is 1.61. The first-order valence-electron chi connectivity index (χ1n) is 6.19. The van der Waals surface area contributed by atoms with E-state index < -0.39 is 0 Å². The van der Waals surface area contributed by atoms with Gasteiger partial charge in [-0.2, -0.15) is 0 Å². The van der Waals surface area contributed by atoms with Gasteiger partial charge >= 0.3 is 0 Å². The van der Waals surface area contributed by atoms with Gasteiger partial charge in [-0.3, -0.25) is 4.79 Å². The normalized spacial score (nSPS) is 17.5. The molecule has 1 atom stereocenters. The van der Waals surface area contributed by atoms with Crippen LogP contribution in [-0.4, -0.2) is 19.0 Å². The van der Waals surface area contributed by atoms with Crippen molar-refractivity contribution in [3.8, 4) is 0 Å². The van der Waals surface area contributed by atoms with Gasteiger partial charge in [0, 0.05) is 13.0 Å². The lowest BCUT2D eigenvalue weighted by Gasteiger charge is -2.08. The molecule has 3 nitrogen and oxygen atoms in total. The molecule has 15 heavy (non-hydrogen) atoms. The minimum atomic E-state index is 0.186. The van der Waals surface area contributed by atoms with E-state index in [-0.39, 0.29) is 5.91 Å². The minimum absolute atomic E-state index is 0.186. The highest BCUT2D eigenvalue weighted by atomic mass is 16.1. The maximum absolute atomic E-state index is 11.4. The van der Waals surface area contributed by atoms with Gasteiger partial charge in [0.05, 0.1) is 0 Å². The third-order valence-corrected chi connectivity index (χ3v) is 3.07. The van der Waals surface area contributed by atoms with Crippen molar-refractivity contribution in [2.24, 2.45) is 17.6 Å². The molecule has 0 saturated heterocycles. The van der Waals surface area contributed by atoms with E-state index in [9.17, 15) is 4.79 Å². The second-order valence-corrected chi connectivity index (χ2v) is 4.82. The lowest BCUT2D eigenvalue weighted by molar-refractivity contribution is -0.121. The average Bonchev–Trinajstić information content (AvgIpc) is 3.04. The van der Waals surface area contributed by atoms with Crippen molar-refractivity contribution >= 4 is 5.91 Å². The highest BCUT2D eigenvalue weighted by molar-refractivity contribution is 5.75. The molecule has 0 aromatic rings. The van der Waals surface area contributed by atoms with Crippen molar-refractivity contribution in [1.29, 1.82) is 0 Å². The molecular formula is C12H24N2O. The molecule has 0 aromatic heterocycles. The van der Waals surface area contributed by atoms with Crippen LogP contribution >= 0.6 is 0 Å². The van der Waals surface area contributed by atoms with Crippen molar-refractivity contribution in [2.75, 3.05) is 13.1 Å². The monoisotopic (exact) mass is 212 g/mol. The molecule has 1 fully saturated rings. The molecule has 0 heterocycles. The Kier molecular flexibility index (Phi) is 5.69. The predicted molar refractivity (Wildman–Crippen MR) is 62.4 cm³/mol. The van der Waals surface area contributed by atoms with Crippen molar-refractivity contribution < 1.29 is 4.79 Å². The van der Waals surface area contributed by atoms with Crippen molar-refractivity contribution in [1.82, 2.24) is 5.32 Å². The molecule has 3 N–H and O–H groups in total. The molecule has 0 aliphatic heterocycles. The maximum Gasteiger partial charge on any atom is 0.220 e. The van der Waals surface area contributed by atoms with Crippen LogP contribution in [0.4, 0.5) is 0 Å². The molecule has 1 saturated carbocycles. The van der Waals surface area contributed by atoms with Crippen LogP contribution in [0.25, 0.3) is 0 Å². The Hall–Kier alpha value is -0.570. The van der Waals surface area contributed by atoms with Crippen LogP contribution in [0.2, 0.25) is 0 Å². The van der Waals surface area contributed by atoms with Crippen molar-refractivity contribution in [2.45, 2.75) is 45.4 Å². The SMILES string of the molecule is CC(CN)CCC(=O)NCCCC1CC1. The number of carbonyl (C=O) groups is 1. The Labute approximate surface area is 92.8 Å². The largest absolute Gasteiger partial charge is 0.356 e. The summed E-state index contributed by atoms with van der Waals surface area (Å²) in [6.45, 7) is 3.61. The van der Waals surface area contributed by atoms with E-state index in [2.05, 4.69) is 12.2 Å². The number of hydrogen-bond acceptors (Lipinski definition) is 2. The summed E-state index contributed by atoms with van der Waals surface area (Å²) < 4.78 is 0. The van der Waals surface area contributed by atoms with Gasteiger partial charge in [0.1, 0.15) is 0 Å². The molecule has 88 valence electrons. The molecule has 0 spiro atoms. The molecular weight excluding hydrogens is 188 g/mol. The average molecular weight is 212 g/mol. The molecule has 1 unspecified atom stereocenters. The van der Waals surface area contributed by atoms with E-state index >= 15 is 0 Å². The number of hydrogen-bond donors (Lipinski definition) is 2. The van der Waals surface area contributed by atoms with E-state index in [1.807, 2.05) is 0 Å². The van der Waals surface area contributed by atoms with Gasteiger partial charge < -0.3 is 11.1 Å². The highest BCUT2D eigenvalue weighted by Crippen LogP contribution is 2.33. The molecule has 3 heteroatoms. The number of nitrogens with one attached hydrogen (secondary N) is 1. The fraction of sp³-hybridized carbons (Fsp3) is 0.917. The van der Waals surface area contributed by atoms with Crippen LogP contribution in [0.15, 0.2) is 0 Å². The van der Waals surface area contributed by atoms with Crippen LogP contribution < -0.4 is 11.1 Å². The zero-order valence-corrected chi connectivity index (χ0v) is 9.80. The lowest BCUT2D eigenvalue weighted by Crippen LogP contribution is -2.25. The van der Waals surface area contributed by atoms with Gasteiger partial charge in [0.2, 0.25) is 5.91 Å². The summed E-state index contributed by atoms with van der Waals surface area (Å²) in [7, 11) is 0. The third kappa shape index (κ3) is 6.50. The minimum Gasteiger partial charge on any atom is -0.356 e. The van der Waals surface area contributed by atoms with E-state index in [0.29, 0.717) is 18.9 Å². The Morgan fingerprint density at radius 3 is 2.87 bits per heavy atom. The van der Waals surface area contributed by atoms with Gasteiger partial charge in [-0.25, -0.2) is 0 Å². The second kappa shape index (κ2) is 6.83. The summed E-state index contributed by atoms with van der Waals surface area (Å²) in [5, 5.41) is 2.97. The van der Waals surface area contributed by atoms with E-state index in [1.165, 1.54) is 19.3 Å². The van der Waals surface area contributed by atoms with Crippen LogP contribution in [-0.2, 0) is 4.79 Å². The topological polar surface area (TPSA) is 55.1 Å². The quantitative estimate of drug-likeness (QED) is 0.601. The first kappa shape index (κ1) is 12.5. The van der Waals surface area contributed by atoms with Crippen molar-refractivity contribution in [3.05, 3.63) is 0 Å². The number of amides is 1.